The third-order valence-corrected chi connectivity index (χ3v) is 7.78. The van der Waals surface area contributed by atoms with Crippen molar-refractivity contribution in [1.29, 1.82) is 0 Å². The van der Waals surface area contributed by atoms with Crippen molar-refractivity contribution in [2.24, 2.45) is 4.36 Å². The van der Waals surface area contributed by atoms with Crippen LogP contribution in [0, 0.1) is 18.8 Å². The quantitative estimate of drug-likeness (QED) is 0.341. The predicted molar refractivity (Wildman–Crippen MR) is 145 cm³/mol. The van der Waals surface area contributed by atoms with E-state index in [2.05, 4.69) is 26.5 Å². The topological polar surface area (TPSA) is 125 Å². The highest BCUT2D eigenvalue weighted by Crippen LogP contribution is 2.18. The van der Waals surface area contributed by atoms with E-state index in [0.717, 1.165) is 5.56 Å². The first-order valence-electron chi connectivity index (χ1n) is 11.8. The Labute approximate surface area is 221 Å². The number of carbonyl (C=O) groups is 2. The lowest BCUT2D eigenvalue weighted by Gasteiger charge is -2.09. The molecular formula is C29H25N4O4S. The summed E-state index contributed by atoms with van der Waals surface area (Å²) in [7, 11) is -3.03. The van der Waals surface area contributed by atoms with Crippen LogP contribution in [0.4, 0.5) is 5.69 Å². The first kappa shape index (κ1) is 26.5. The fourth-order valence-corrected chi connectivity index (χ4v) is 5.47. The summed E-state index contributed by atoms with van der Waals surface area (Å²) in [4.78, 5) is 29.9. The zero-order valence-electron chi connectivity index (χ0n) is 20.6. The molecule has 9 heteroatoms. The molecule has 0 saturated carbocycles. The van der Waals surface area contributed by atoms with Gasteiger partial charge in [0.25, 0.3) is 11.8 Å². The Bertz CT molecular complexity index is 1640. The summed E-state index contributed by atoms with van der Waals surface area (Å²) in [6, 6.07) is 18.9. The average molecular weight is 526 g/mol. The minimum absolute atomic E-state index is 0.0908. The van der Waals surface area contributed by atoms with Crippen LogP contribution in [-0.2, 0) is 9.73 Å². The van der Waals surface area contributed by atoms with Gasteiger partial charge in [-0.15, -0.1) is 0 Å². The van der Waals surface area contributed by atoms with Crippen molar-refractivity contribution in [2.45, 2.75) is 18.2 Å². The molecule has 4 aromatic rings. The monoisotopic (exact) mass is 525 g/mol. The van der Waals surface area contributed by atoms with Crippen molar-refractivity contribution in [3.63, 3.8) is 0 Å². The normalized spacial score (nSPS) is 12.1. The number of carbonyl (C=O) groups excluding carboxylic acids is 2. The molecule has 2 heterocycles. The number of aromatic nitrogens is 1. The van der Waals surface area contributed by atoms with E-state index in [0.29, 0.717) is 28.1 Å². The number of amides is 2. The molecule has 0 unspecified atom stereocenters. The Hall–Kier alpha value is -4.52. The molecule has 2 aromatic heterocycles. The molecular weight excluding hydrogens is 500 g/mol. The number of hydrogen-bond donors (Lipinski definition) is 1. The Morgan fingerprint density at radius 3 is 2.55 bits per heavy atom. The van der Waals surface area contributed by atoms with Crippen molar-refractivity contribution in [2.75, 3.05) is 17.6 Å². The third-order valence-electron chi connectivity index (χ3n) is 5.46. The van der Waals surface area contributed by atoms with Gasteiger partial charge in [-0.2, -0.15) is 4.36 Å². The van der Waals surface area contributed by atoms with Crippen LogP contribution < -0.4 is 11.1 Å². The maximum atomic E-state index is 13.6. The largest absolute Gasteiger partial charge is 0.459 e. The lowest BCUT2D eigenvalue weighted by atomic mass is 10.1. The summed E-state index contributed by atoms with van der Waals surface area (Å²) in [6.07, 6.45) is 4.70. The van der Waals surface area contributed by atoms with Crippen molar-refractivity contribution in [3.8, 4) is 11.8 Å². The van der Waals surface area contributed by atoms with Crippen LogP contribution in [0.1, 0.15) is 44.0 Å². The molecule has 2 N–H and O–H groups in total. The van der Waals surface area contributed by atoms with Crippen LogP contribution in [-0.4, -0.2) is 33.3 Å². The van der Waals surface area contributed by atoms with Gasteiger partial charge in [-0.1, -0.05) is 36.1 Å². The van der Waals surface area contributed by atoms with Crippen LogP contribution in [0.3, 0.4) is 0 Å². The zero-order chi connectivity index (χ0) is 27.0. The van der Waals surface area contributed by atoms with Crippen molar-refractivity contribution < 1.29 is 18.2 Å². The number of rotatable bonds is 7. The molecule has 0 aliphatic carbocycles. The average Bonchev–Trinajstić information content (AvgIpc) is 3.37. The van der Waals surface area contributed by atoms with E-state index in [1.165, 1.54) is 18.7 Å². The van der Waals surface area contributed by atoms with Crippen molar-refractivity contribution in [3.05, 3.63) is 113 Å². The number of aryl methyl sites for hydroxylation is 1. The number of anilines is 1. The van der Waals surface area contributed by atoms with Crippen molar-refractivity contribution >= 4 is 27.2 Å². The van der Waals surface area contributed by atoms with Gasteiger partial charge in [0.15, 0.2) is 5.76 Å². The minimum Gasteiger partial charge on any atom is -0.459 e. The lowest BCUT2D eigenvalue weighted by Crippen LogP contribution is -2.12. The fourth-order valence-electron chi connectivity index (χ4n) is 3.54. The van der Waals surface area contributed by atoms with Gasteiger partial charge < -0.3 is 9.73 Å². The molecule has 1 atom stereocenters. The fraction of sp³-hybridized carbons (Fsp3) is 0.138. The Kier molecular flexibility index (Phi) is 8.48. The highest BCUT2D eigenvalue weighted by atomic mass is 32.2. The van der Waals surface area contributed by atoms with Gasteiger partial charge in [-0.25, -0.2) is 4.21 Å². The maximum Gasteiger partial charge on any atom is 0.291 e. The highest BCUT2D eigenvalue weighted by Gasteiger charge is 2.16. The molecule has 0 saturated heterocycles. The summed E-state index contributed by atoms with van der Waals surface area (Å²) in [5.41, 5.74) is 10.0. The van der Waals surface area contributed by atoms with E-state index in [1.807, 2.05) is 0 Å². The molecule has 2 amide bonds. The molecule has 0 fully saturated rings. The second-order valence-corrected chi connectivity index (χ2v) is 10.7. The molecule has 0 aliphatic rings. The maximum absolute atomic E-state index is 13.6. The highest BCUT2D eigenvalue weighted by molar-refractivity contribution is 7.94. The second kappa shape index (κ2) is 12.1. The minimum atomic E-state index is -3.03. The summed E-state index contributed by atoms with van der Waals surface area (Å²) >= 11 is 0. The van der Waals surface area contributed by atoms with Crippen LogP contribution in [0.2, 0.25) is 0 Å². The number of pyridine rings is 1. The molecule has 38 heavy (non-hydrogen) atoms. The van der Waals surface area contributed by atoms with E-state index in [4.69, 9.17) is 10.2 Å². The molecule has 1 radical (unpaired) electrons. The first-order chi connectivity index (χ1) is 18.4. The molecule has 0 aliphatic heterocycles. The van der Waals surface area contributed by atoms with E-state index in [1.54, 1.807) is 73.7 Å². The van der Waals surface area contributed by atoms with Crippen LogP contribution in [0.5, 0.6) is 0 Å². The number of hydrogen-bond acceptors (Lipinski definition) is 5. The van der Waals surface area contributed by atoms with Gasteiger partial charge in [0.2, 0.25) is 0 Å². The van der Waals surface area contributed by atoms with Gasteiger partial charge >= 0.3 is 0 Å². The van der Waals surface area contributed by atoms with Gasteiger partial charge in [0, 0.05) is 52.0 Å². The SMILES string of the molecule is Cc1ccoc1C(=O)Nc1cccc(C#Cc2cncc(C(=O)N=[S@@](=O)(CCC[NH])c3ccccc3)c2)c1. The van der Waals surface area contributed by atoms with Crippen molar-refractivity contribution in [1.82, 2.24) is 10.7 Å². The number of nitrogens with zero attached hydrogens (tertiary/aromatic N) is 2. The van der Waals surface area contributed by atoms with E-state index < -0.39 is 15.6 Å². The Morgan fingerprint density at radius 1 is 1.03 bits per heavy atom. The van der Waals surface area contributed by atoms with Crippen LogP contribution in [0.25, 0.3) is 0 Å². The number of furan rings is 1. The summed E-state index contributed by atoms with van der Waals surface area (Å²) in [5, 5.41) is 2.79. The van der Waals surface area contributed by atoms with Crippen LogP contribution in [0.15, 0.2) is 99.1 Å². The van der Waals surface area contributed by atoms with E-state index in [-0.39, 0.29) is 29.5 Å². The summed E-state index contributed by atoms with van der Waals surface area (Å²) in [6.45, 7) is 1.88. The van der Waals surface area contributed by atoms with Gasteiger partial charge in [-0.3, -0.25) is 20.3 Å². The third kappa shape index (κ3) is 6.62. The zero-order valence-corrected chi connectivity index (χ0v) is 21.5. The first-order valence-corrected chi connectivity index (χ1v) is 13.5. The van der Waals surface area contributed by atoms with Gasteiger partial charge in [-0.05, 0) is 55.8 Å². The summed E-state index contributed by atoms with van der Waals surface area (Å²) in [5.74, 6) is 5.33. The second-order valence-electron chi connectivity index (χ2n) is 8.34. The summed E-state index contributed by atoms with van der Waals surface area (Å²) < 4.78 is 22.9. The molecule has 0 bridgehead atoms. The number of nitrogens with one attached hydrogen (secondary N) is 2. The van der Waals surface area contributed by atoms with Gasteiger partial charge in [0.1, 0.15) is 0 Å². The number of benzene rings is 2. The predicted octanol–water partition coefficient (Wildman–Crippen LogP) is 4.98. The molecule has 2 aromatic carbocycles. The molecule has 0 spiro atoms. The Balaban J connectivity index is 1.55. The van der Waals surface area contributed by atoms with Gasteiger partial charge in [0.05, 0.1) is 21.6 Å². The molecule has 8 nitrogen and oxygen atoms in total. The molecule has 4 rings (SSSR count). The Morgan fingerprint density at radius 2 is 1.82 bits per heavy atom. The van der Waals surface area contributed by atoms with E-state index >= 15 is 0 Å². The smallest absolute Gasteiger partial charge is 0.291 e. The van der Waals surface area contributed by atoms with E-state index in [9.17, 15) is 13.8 Å². The molecule has 191 valence electrons. The standard InChI is InChI=1S/C29H25N4O4S/c1-21-13-15-37-27(21)29(35)32-25-8-5-7-22(18-25)11-12-23-17-24(20-31-19-23)28(34)33-38(36,16-6-14-30)26-9-3-2-4-10-26/h2-5,7-10,13,15,17-20,30H,6,14,16H2,1H3,(H,32,35)/t38-/m1/s1. The van der Waals surface area contributed by atoms with Crippen LogP contribution >= 0.6 is 0 Å². The lowest BCUT2D eigenvalue weighted by molar-refractivity contribution is 0.0991.